The van der Waals surface area contributed by atoms with E-state index in [1.165, 1.54) is 6.07 Å². The second-order valence-corrected chi connectivity index (χ2v) is 4.09. The van der Waals surface area contributed by atoms with Gasteiger partial charge in [0.1, 0.15) is 0 Å². The van der Waals surface area contributed by atoms with Gasteiger partial charge in [-0.2, -0.15) is 0 Å². The smallest absolute Gasteiger partial charge is 0.395 e. The van der Waals surface area contributed by atoms with E-state index < -0.39 is 6.29 Å². The summed E-state index contributed by atoms with van der Waals surface area (Å²) in [4.78, 5) is 0. The topological polar surface area (TPSA) is 44.5 Å². The first-order chi connectivity index (χ1) is 8.03. The van der Waals surface area contributed by atoms with Crippen LogP contribution in [0.25, 0.3) is 0 Å². The Morgan fingerprint density at radius 3 is 2.82 bits per heavy atom. The maximum atomic E-state index is 12.9. The minimum atomic E-state index is -3.58. The Balaban J connectivity index is 2.23. The number of nitrogens with two attached hydrogens (primary N) is 1. The first-order valence-electron chi connectivity index (χ1n) is 5.68. The van der Waals surface area contributed by atoms with E-state index in [0.717, 1.165) is 19.3 Å². The molecule has 0 unspecified atom stereocenters. The van der Waals surface area contributed by atoms with Crippen molar-refractivity contribution in [3.63, 3.8) is 0 Å². The predicted octanol–water partition coefficient (Wildman–Crippen LogP) is 3.20. The molecule has 2 N–H and O–H groups in total. The zero-order valence-corrected chi connectivity index (χ0v) is 9.58. The predicted molar refractivity (Wildman–Crippen MR) is 59.1 cm³/mol. The Hall–Kier alpha value is -1.36. The summed E-state index contributed by atoms with van der Waals surface area (Å²) >= 11 is 0. The zero-order valence-electron chi connectivity index (χ0n) is 9.58. The van der Waals surface area contributed by atoms with Crippen LogP contribution in [0.15, 0.2) is 18.2 Å². The summed E-state index contributed by atoms with van der Waals surface area (Å²) in [6.45, 7) is 2.05. The van der Waals surface area contributed by atoms with Crippen molar-refractivity contribution in [2.45, 2.75) is 38.5 Å². The van der Waals surface area contributed by atoms with Crippen LogP contribution in [0, 0.1) is 0 Å². The third-order valence-corrected chi connectivity index (χ3v) is 2.73. The van der Waals surface area contributed by atoms with E-state index in [1.54, 1.807) is 12.1 Å². The van der Waals surface area contributed by atoms with Crippen molar-refractivity contribution in [3.05, 3.63) is 23.8 Å². The molecule has 1 aromatic carbocycles. The lowest BCUT2D eigenvalue weighted by atomic mass is 10.0. The maximum absolute atomic E-state index is 12.9. The number of ether oxygens (including phenoxy) is 2. The molecule has 1 atom stereocenters. The van der Waals surface area contributed by atoms with E-state index in [-0.39, 0.29) is 17.5 Å². The fourth-order valence-electron chi connectivity index (χ4n) is 1.86. The van der Waals surface area contributed by atoms with Gasteiger partial charge in [-0.25, -0.2) is 0 Å². The van der Waals surface area contributed by atoms with Crippen LogP contribution >= 0.6 is 0 Å². The summed E-state index contributed by atoms with van der Waals surface area (Å²) in [6, 6.07) is 4.49. The van der Waals surface area contributed by atoms with Crippen LogP contribution < -0.4 is 15.2 Å². The molecule has 0 fully saturated rings. The third kappa shape index (κ3) is 2.49. The average Bonchev–Trinajstić information content (AvgIpc) is 2.59. The number of hydrogen-bond acceptors (Lipinski definition) is 3. The largest absolute Gasteiger partial charge is 0.586 e. The maximum Gasteiger partial charge on any atom is 0.586 e. The molecule has 0 spiro atoms. The number of benzene rings is 1. The summed E-state index contributed by atoms with van der Waals surface area (Å²) in [5.74, 6) is 0.126. The van der Waals surface area contributed by atoms with Crippen molar-refractivity contribution >= 4 is 0 Å². The number of alkyl halides is 2. The second kappa shape index (κ2) is 4.49. The molecular formula is C12H15F2NO2. The van der Waals surface area contributed by atoms with Crippen LogP contribution in [0.1, 0.15) is 37.8 Å². The van der Waals surface area contributed by atoms with E-state index in [1.807, 2.05) is 0 Å². The van der Waals surface area contributed by atoms with Crippen molar-refractivity contribution in [2.75, 3.05) is 0 Å². The molecular weight excluding hydrogens is 228 g/mol. The van der Waals surface area contributed by atoms with Gasteiger partial charge in [-0.05, 0) is 12.5 Å². The fraction of sp³-hybridized carbons (Fsp3) is 0.500. The third-order valence-electron chi connectivity index (χ3n) is 2.73. The molecule has 1 aromatic rings. The molecule has 0 aliphatic carbocycles. The number of halogens is 2. The van der Waals surface area contributed by atoms with Crippen LogP contribution in [-0.2, 0) is 0 Å². The van der Waals surface area contributed by atoms with Crippen LogP contribution in [0.3, 0.4) is 0 Å². The fourth-order valence-corrected chi connectivity index (χ4v) is 1.86. The zero-order chi connectivity index (χ0) is 12.5. The standard InChI is InChI=1S/C12H15F2NO2/c1-2-3-6-9(15)8-5-4-7-10-11(8)17-12(13,14)16-10/h4-5,7,9H,2-3,6,15H2,1H3/t9-/m1/s1. The molecule has 2 rings (SSSR count). The number of fused-ring (bicyclic) bond motifs is 1. The number of hydrogen-bond donors (Lipinski definition) is 1. The molecule has 0 saturated carbocycles. The lowest BCUT2D eigenvalue weighted by Gasteiger charge is -2.13. The molecule has 17 heavy (non-hydrogen) atoms. The monoisotopic (exact) mass is 243 g/mol. The minimum absolute atomic E-state index is 0.0550. The van der Waals surface area contributed by atoms with Crippen molar-refractivity contribution in [1.82, 2.24) is 0 Å². The van der Waals surface area contributed by atoms with Gasteiger partial charge in [-0.15, -0.1) is 8.78 Å². The molecule has 0 radical (unpaired) electrons. The van der Waals surface area contributed by atoms with Gasteiger partial charge >= 0.3 is 6.29 Å². The van der Waals surface area contributed by atoms with Gasteiger partial charge in [-0.3, -0.25) is 0 Å². The van der Waals surface area contributed by atoms with Crippen LogP contribution in [-0.4, -0.2) is 6.29 Å². The van der Waals surface area contributed by atoms with E-state index in [4.69, 9.17) is 5.73 Å². The van der Waals surface area contributed by atoms with E-state index in [2.05, 4.69) is 16.4 Å². The minimum Gasteiger partial charge on any atom is -0.395 e. The highest BCUT2D eigenvalue weighted by atomic mass is 19.3. The molecule has 0 amide bonds. The summed E-state index contributed by atoms with van der Waals surface area (Å²) in [5.41, 5.74) is 6.54. The Kier molecular flexibility index (Phi) is 3.19. The highest BCUT2D eigenvalue weighted by Gasteiger charge is 2.44. The van der Waals surface area contributed by atoms with Crippen LogP contribution in [0.2, 0.25) is 0 Å². The molecule has 0 aromatic heterocycles. The van der Waals surface area contributed by atoms with Crippen molar-refractivity contribution in [1.29, 1.82) is 0 Å². The molecule has 94 valence electrons. The van der Waals surface area contributed by atoms with Crippen LogP contribution in [0.4, 0.5) is 8.78 Å². The molecule has 0 bridgehead atoms. The molecule has 1 heterocycles. The second-order valence-electron chi connectivity index (χ2n) is 4.09. The molecule has 1 aliphatic heterocycles. The van der Waals surface area contributed by atoms with Crippen molar-refractivity contribution in [2.24, 2.45) is 5.73 Å². The summed E-state index contributed by atoms with van der Waals surface area (Å²) in [7, 11) is 0. The molecule has 0 saturated heterocycles. The highest BCUT2D eigenvalue weighted by molar-refractivity contribution is 5.50. The normalized spacial score (nSPS) is 18.1. The number of rotatable bonds is 4. The molecule has 3 nitrogen and oxygen atoms in total. The lowest BCUT2D eigenvalue weighted by Crippen LogP contribution is -2.26. The highest BCUT2D eigenvalue weighted by Crippen LogP contribution is 2.45. The quantitative estimate of drug-likeness (QED) is 0.883. The van der Waals surface area contributed by atoms with Gasteiger partial charge < -0.3 is 15.2 Å². The van der Waals surface area contributed by atoms with Gasteiger partial charge in [0.15, 0.2) is 11.5 Å². The van der Waals surface area contributed by atoms with Gasteiger partial charge in [0, 0.05) is 11.6 Å². The SMILES string of the molecule is CCCC[C@@H](N)c1cccc2c1OC(F)(F)O2. The van der Waals surface area contributed by atoms with Gasteiger partial charge in [0.25, 0.3) is 0 Å². The average molecular weight is 243 g/mol. The Labute approximate surface area is 98.5 Å². The van der Waals surface area contributed by atoms with E-state index in [9.17, 15) is 8.78 Å². The van der Waals surface area contributed by atoms with Crippen molar-refractivity contribution < 1.29 is 18.3 Å². The molecule has 5 heteroatoms. The lowest BCUT2D eigenvalue weighted by molar-refractivity contribution is -0.287. The van der Waals surface area contributed by atoms with Crippen LogP contribution in [0.5, 0.6) is 11.5 Å². The van der Waals surface area contributed by atoms with Gasteiger partial charge in [-0.1, -0.05) is 31.9 Å². The van der Waals surface area contributed by atoms with E-state index in [0.29, 0.717) is 5.56 Å². The summed E-state index contributed by atoms with van der Waals surface area (Å²) in [5, 5.41) is 0. The van der Waals surface area contributed by atoms with Crippen molar-refractivity contribution in [3.8, 4) is 11.5 Å². The number of para-hydroxylation sites is 1. The Morgan fingerprint density at radius 1 is 1.35 bits per heavy atom. The first-order valence-corrected chi connectivity index (χ1v) is 5.68. The first kappa shape index (κ1) is 12.1. The Bertz CT molecular complexity index is 409. The number of unbranched alkanes of at least 4 members (excludes halogenated alkanes) is 1. The van der Waals surface area contributed by atoms with E-state index >= 15 is 0 Å². The summed E-state index contributed by atoms with van der Waals surface area (Å²) < 4.78 is 34.8. The van der Waals surface area contributed by atoms with Gasteiger partial charge in [0.2, 0.25) is 0 Å². The summed E-state index contributed by atoms with van der Waals surface area (Å²) in [6.07, 6.45) is -0.886. The van der Waals surface area contributed by atoms with Gasteiger partial charge in [0.05, 0.1) is 0 Å². The molecule has 1 aliphatic rings. The Morgan fingerprint density at radius 2 is 2.12 bits per heavy atom.